The first-order valence-electron chi connectivity index (χ1n) is 12.1. The van der Waals surface area contributed by atoms with Crippen molar-refractivity contribution in [3.8, 4) is 5.75 Å². The van der Waals surface area contributed by atoms with E-state index in [1.165, 1.54) is 26.0 Å². The third-order valence-electron chi connectivity index (χ3n) is 7.15. The Labute approximate surface area is 199 Å². The molecule has 1 aliphatic carbocycles. The molecule has 1 aromatic heterocycles. The van der Waals surface area contributed by atoms with Crippen LogP contribution in [0, 0.1) is 17.7 Å². The zero-order valence-electron chi connectivity index (χ0n) is 19.7. The number of amides is 1. The van der Waals surface area contributed by atoms with Crippen LogP contribution in [0.5, 0.6) is 5.75 Å². The van der Waals surface area contributed by atoms with E-state index in [1.807, 2.05) is 24.4 Å². The first-order chi connectivity index (χ1) is 16.5. The first kappa shape index (κ1) is 22.7. The molecule has 1 saturated carbocycles. The zero-order chi connectivity index (χ0) is 23.7. The molecule has 2 N–H and O–H groups in total. The minimum Gasteiger partial charge on any atom is -0.494 e. The first-order valence-corrected chi connectivity index (χ1v) is 12.1. The van der Waals surface area contributed by atoms with Crippen molar-refractivity contribution in [2.24, 2.45) is 11.8 Å². The van der Waals surface area contributed by atoms with E-state index in [9.17, 15) is 9.18 Å². The summed E-state index contributed by atoms with van der Waals surface area (Å²) in [5, 5.41) is 7.49. The Kier molecular flexibility index (Phi) is 6.46. The molecular formula is C27H31FN4O2. The van der Waals surface area contributed by atoms with Crippen molar-refractivity contribution in [3.63, 3.8) is 0 Å². The number of hydrogen-bond donors (Lipinski definition) is 2. The lowest BCUT2D eigenvalue weighted by Crippen LogP contribution is -2.41. The minimum atomic E-state index is -0.437. The summed E-state index contributed by atoms with van der Waals surface area (Å²) in [7, 11) is 1.44. The predicted octanol–water partition coefficient (Wildman–Crippen LogP) is 4.59. The van der Waals surface area contributed by atoms with Crippen LogP contribution in [-0.4, -0.2) is 35.6 Å². The van der Waals surface area contributed by atoms with Crippen molar-refractivity contribution in [3.05, 3.63) is 65.4 Å². The van der Waals surface area contributed by atoms with Gasteiger partial charge in [-0.1, -0.05) is 19.1 Å². The van der Waals surface area contributed by atoms with E-state index in [0.717, 1.165) is 48.5 Å². The third-order valence-corrected chi connectivity index (χ3v) is 7.15. The van der Waals surface area contributed by atoms with Gasteiger partial charge in [0.25, 0.3) is 5.91 Å². The monoisotopic (exact) mass is 462 g/mol. The third kappa shape index (κ3) is 4.89. The molecule has 3 aromatic rings. The molecule has 5 rings (SSSR count). The number of nitrogens with zero attached hydrogens (tertiary/aromatic N) is 2. The molecule has 2 aliphatic rings. The van der Waals surface area contributed by atoms with Gasteiger partial charge in [-0.05, 0) is 73.9 Å². The van der Waals surface area contributed by atoms with E-state index in [1.54, 1.807) is 12.1 Å². The van der Waals surface area contributed by atoms with E-state index < -0.39 is 5.82 Å². The molecule has 178 valence electrons. The largest absolute Gasteiger partial charge is 0.494 e. The molecule has 1 aliphatic heterocycles. The lowest BCUT2D eigenvalue weighted by atomic mass is 9.97. The van der Waals surface area contributed by atoms with Crippen LogP contribution in [0.2, 0.25) is 0 Å². The van der Waals surface area contributed by atoms with Gasteiger partial charge in [0.1, 0.15) is 5.82 Å². The van der Waals surface area contributed by atoms with Gasteiger partial charge in [0, 0.05) is 29.6 Å². The quantitative estimate of drug-likeness (QED) is 0.512. The number of ether oxygens (including phenoxy) is 1. The number of aromatic nitrogens is 2. The van der Waals surface area contributed by atoms with Gasteiger partial charge in [-0.25, -0.2) is 14.4 Å². The van der Waals surface area contributed by atoms with Crippen LogP contribution in [0.4, 0.5) is 4.39 Å². The summed E-state index contributed by atoms with van der Waals surface area (Å²) >= 11 is 0. The minimum absolute atomic E-state index is 0.0371. The van der Waals surface area contributed by atoms with Crippen molar-refractivity contribution in [2.45, 2.75) is 51.1 Å². The number of benzene rings is 2. The van der Waals surface area contributed by atoms with Gasteiger partial charge >= 0.3 is 0 Å². The Morgan fingerprint density at radius 1 is 1.24 bits per heavy atom. The fraction of sp³-hybridized carbons (Fsp3) is 0.444. The van der Waals surface area contributed by atoms with Gasteiger partial charge in [-0.3, -0.25) is 4.79 Å². The predicted molar refractivity (Wildman–Crippen MR) is 129 cm³/mol. The van der Waals surface area contributed by atoms with E-state index in [4.69, 9.17) is 9.72 Å². The number of carbonyl (C=O) groups excluding carboxylic acids is 1. The highest BCUT2D eigenvalue weighted by atomic mass is 19.1. The second-order valence-electron chi connectivity index (χ2n) is 9.63. The molecule has 2 fully saturated rings. The number of rotatable bonds is 8. The molecule has 7 heteroatoms. The van der Waals surface area contributed by atoms with Crippen LogP contribution in [0.1, 0.15) is 60.4 Å². The molecule has 1 amide bonds. The smallest absolute Gasteiger partial charge is 0.251 e. The SMILES string of the molecule is COc1ccc([C@H](NC(=O)c2ccc3cnc(C[C@H](C)C4CC4)nc3c2)[C@H]2CCCN2)cc1F. The van der Waals surface area contributed by atoms with Crippen molar-refractivity contribution >= 4 is 16.8 Å². The average Bonchev–Trinajstić information content (AvgIpc) is 3.57. The van der Waals surface area contributed by atoms with Crippen molar-refractivity contribution < 1.29 is 13.9 Å². The molecular weight excluding hydrogens is 431 g/mol. The molecule has 6 nitrogen and oxygen atoms in total. The van der Waals surface area contributed by atoms with E-state index in [-0.39, 0.29) is 23.7 Å². The number of nitrogens with one attached hydrogen (secondary N) is 2. The molecule has 0 unspecified atom stereocenters. The Morgan fingerprint density at radius 3 is 2.79 bits per heavy atom. The summed E-state index contributed by atoms with van der Waals surface area (Å²) in [4.78, 5) is 22.6. The lowest BCUT2D eigenvalue weighted by Gasteiger charge is -2.26. The van der Waals surface area contributed by atoms with E-state index in [0.29, 0.717) is 17.0 Å². The number of fused-ring (bicyclic) bond motifs is 1. The topological polar surface area (TPSA) is 76.1 Å². The van der Waals surface area contributed by atoms with Gasteiger partial charge in [-0.15, -0.1) is 0 Å². The number of methoxy groups -OCH3 is 1. The summed E-state index contributed by atoms with van der Waals surface area (Å²) < 4.78 is 19.5. The molecule has 34 heavy (non-hydrogen) atoms. The fourth-order valence-electron chi connectivity index (χ4n) is 4.93. The average molecular weight is 463 g/mol. The molecule has 2 heterocycles. The highest BCUT2D eigenvalue weighted by molar-refractivity contribution is 5.97. The standard InChI is InChI=1S/C27H31FN4O2/c1-16(17-5-6-17)12-25-30-15-20-8-7-19(14-23(20)31-25)27(33)32-26(22-4-3-11-29-22)18-9-10-24(34-2)21(28)13-18/h7-10,13-17,22,26,29H,3-6,11-12H2,1-2H3,(H,32,33)/t16-,22+,26-/m0/s1. The van der Waals surface area contributed by atoms with Crippen LogP contribution in [0.3, 0.4) is 0 Å². The number of halogens is 1. The van der Waals surface area contributed by atoms with Gasteiger partial charge in [-0.2, -0.15) is 0 Å². The Morgan fingerprint density at radius 2 is 2.09 bits per heavy atom. The second-order valence-corrected chi connectivity index (χ2v) is 9.63. The maximum atomic E-state index is 14.4. The van der Waals surface area contributed by atoms with Gasteiger partial charge in [0.2, 0.25) is 0 Å². The number of hydrogen-bond acceptors (Lipinski definition) is 5. The summed E-state index contributed by atoms with van der Waals surface area (Å²) in [6, 6.07) is 10.1. The van der Waals surface area contributed by atoms with Gasteiger partial charge in [0.05, 0.1) is 18.7 Å². The van der Waals surface area contributed by atoms with E-state index in [2.05, 4.69) is 22.5 Å². The lowest BCUT2D eigenvalue weighted by molar-refractivity contribution is 0.0928. The summed E-state index contributed by atoms with van der Waals surface area (Å²) in [5.41, 5.74) is 2.02. The molecule has 1 saturated heterocycles. The van der Waals surface area contributed by atoms with Crippen molar-refractivity contribution in [1.82, 2.24) is 20.6 Å². The molecule has 2 aromatic carbocycles. The fourth-order valence-corrected chi connectivity index (χ4v) is 4.93. The maximum Gasteiger partial charge on any atom is 0.251 e. The Balaban J connectivity index is 1.38. The molecule has 3 atom stereocenters. The molecule has 0 spiro atoms. The van der Waals surface area contributed by atoms with Crippen LogP contribution < -0.4 is 15.4 Å². The summed E-state index contributed by atoms with van der Waals surface area (Å²) in [6.45, 7) is 3.14. The van der Waals surface area contributed by atoms with Crippen LogP contribution in [0.25, 0.3) is 10.9 Å². The normalized spacial score (nSPS) is 19.7. The van der Waals surface area contributed by atoms with Crippen molar-refractivity contribution in [1.29, 1.82) is 0 Å². The summed E-state index contributed by atoms with van der Waals surface area (Å²) in [6.07, 6.45) is 7.22. The van der Waals surface area contributed by atoms with Gasteiger partial charge < -0.3 is 15.4 Å². The molecule has 0 radical (unpaired) electrons. The number of carbonyl (C=O) groups is 1. The van der Waals surface area contributed by atoms with Crippen molar-refractivity contribution in [2.75, 3.05) is 13.7 Å². The maximum absolute atomic E-state index is 14.4. The zero-order valence-corrected chi connectivity index (χ0v) is 19.7. The highest BCUT2D eigenvalue weighted by Gasteiger charge is 2.29. The van der Waals surface area contributed by atoms with Crippen LogP contribution in [0.15, 0.2) is 42.6 Å². The second kappa shape index (κ2) is 9.66. The summed E-state index contributed by atoms with van der Waals surface area (Å²) in [5.74, 6) is 1.74. The van der Waals surface area contributed by atoms with E-state index >= 15 is 0 Å². The highest BCUT2D eigenvalue weighted by Crippen LogP contribution is 2.37. The Bertz CT molecular complexity index is 1190. The Hall–Kier alpha value is -3.06. The van der Waals surface area contributed by atoms with Crippen LogP contribution in [-0.2, 0) is 6.42 Å². The molecule has 0 bridgehead atoms. The van der Waals surface area contributed by atoms with Crippen LogP contribution >= 0.6 is 0 Å². The van der Waals surface area contributed by atoms with Gasteiger partial charge in [0.15, 0.2) is 11.6 Å².